The molecule has 1 aliphatic rings. The molecule has 2 rings (SSSR count). The molecule has 1 N–H and O–H groups in total. The third-order valence-electron chi connectivity index (χ3n) is 1.20. The van der Waals surface area contributed by atoms with E-state index in [1.54, 1.807) is 0 Å². The Morgan fingerprint density at radius 2 is 2.67 bits per heavy atom. The van der Waals surface area contributed by atoms with Gasteiger partial charge in [-0.25, -0.2) is 9.78 Å². The van der Waals surface area contributed by atoms with Gasteiger partial charge in [0, 0.05) is 0 Å². The van der Waals surface area contributed by atoms with Crippen molar-refractivity contribution in [1.29, 1.82) is 0 Å². The average molecular weight is 187 g/mol. The summed E-state index contributed by atoms with van der Waals surface area (Å²) in [4.78, 5) is 14.3. The number of nitrogens with one attached hydrogen (secondary N) is 1. The van der Waals surface area contributed by atoms with Crippen LogP contribution in [0.4, 0.5) is 4.79 Å². The molecule has 1 fully saturated rings. The number of rotatable bonds is 2. The molecule has 1 saturated heterocycles. The van der Waals surface area contributed by atoms with E-state index in [2.05, 4.69) is 19.9 Å². The van der Waals surface area contributed by atoms with E-state index < -0.39 is 6.16 Å². The zero-order chi connectivity index (χ0) is 8.39. The maximum Gasteiger partial charge on any atom is 0.509 e. The molecule has 7 heteroatoms. The van der Waals surface area contributed by atoms with Gasteiger partial charge >= 0.3 is 6.16 Å². The molecule has 0 radical (unpaired) electrons. The molecule has 1 aliphatic heterocycles. The molecule has 0 aliphatic carbocycles. The summed E-state index contributed by atoms with van der Waals surface area (Å²) in [6.45, 7) is 0.254. The molecule has 0 aromatic carbocycles. The Morgan fingerprint density at radius 1 is 1.75 bits per heavy atom. The Labute approximate surface area is 71.6 Å². The summed E-state index contributed by atoms with van der Waals surface area (Å²) >= 11 is 1.26. The van der Waals surface area contributed by atoms with Crippen LogP contribution < -0.4 is 0 Å². The second-order valence-corrected chi connectivity index (χ2v) is 3.17. The first-order valence-electron chi connectivity index (χ1n) is 3.20. The van der Waals surface area contributed by atoms with Crippen LogP contribution in [0, 0.1) is 0 Å². The van der Waals surface area contributed by atoms with Crippen LogP contribution in [0.3, 0.4) is 0 Å². The Kier molecular flexibility index (Phi) is 1.86. The lowest BCUT2D eigenvalue weighted by molar-refractivity contribution is 0.129. The summed E-state index contributed by atoms with van der Waals surface area (Å²) in [5.74, 6) is 0. The van der Waals surface area contributed by atoms with Crippen LogP contribution in [0.5, 0.6) is 0 Å². The van der Waals surface area contributed by atoms with Gasteiger partial charge < -0.3 is 9.47 Å². The number of ether oxygens (including phenoxy) is 2. The summed E-state index contributed by atoms with van der Waals surface area (Å²) in [5.41, 5.74) is -0.314. The summed E-state index contributed by atoms with van der Waals surface area (Å²) < 4.78 is 9.32. The quantitative estimate of drug-likeness (QED) is 0.675. The van der Waals surface area contributed by atoms with Gasteiger partial charge in [-0.3, -0.25) is 5.10 Å². The Bertz CT molecular complexity index is 275. The van der Waals surface area contributed by atoms with Crippen molar-refractivity contribution in [3.8, 4) is 0 Å². The van der Waals surface area contributed by atoms with Crippen LogP contribution in [0.25, 0.3) is 0 Å². The van der Waals surface area contributed by atoms with Crippen LogP contribution in [0.2, 0.25) is 0 Å². The number of carbonyl (C=O) groups is 1. The topological polar surface area (TPSA) is 77.1 Å². The van der Waals surface area contributed by atoms with Gasteiger partial charge in [0.2, 0.25) is 0 Å². The van der Waals surface area contributed by atoms with Gasteiger partial charge in [0.05, 0.1) is 0 Å². The first kappa shape index (κ1) is 7.41. The minimum absolute atomic E-state index is 0.254. The van der Waals surface area contributed by atoms with Gasteiger partial charge in [-0.05, 0) is 11.8 Å². The fourth-order valence-corrected chi connectivity index (χ4v) is 1.47. The maximum absolute atomic E-state index is 10.5. The smallest absolute Gasteiger partial charge is 0.429 e. The normalized spacial score (nSPS) is 22.0. The molecule has 12 heavy (non-hydrogen) atoms. The van der Waals surface area contributed by atoms with Gasteiger partial charge in [0.1, 0.15) is 12.9 Å². The van der Waals surface area contributed by atoms with E-state index in [-0.39, 0.29) is 12.0 Å². The number of hydrogen-bond donors (Lipinski definition) is 1. The fraction of sp³-hybridized carbons (Fsp3) is 0.400. The lowest BCUT2D eigenvalue weighted by Gasteiger charge is -2.00. The molecule has 1 aromatic heterocycles. The first-order chi connectivity index (χ1) is 5.84. The van der Waals surface area contributed by atoms with E-state index in [1.807, 2.05) is 0 Å². The summed E-state index contributed by atoms with van der Waals surface area (Å²) in [5, 5.41) is 6.89. The van der Waals surface area contributed by atoms with E-state index in [1.165, 1.54) is 18.1 Å². The third-order valence-corrected chi connectivity index (χ3v) is 2.12. The SMILES string of the molecule is O=C1OCC(Sc2ncn[nH]2)O1. The molecule has 0 bridgehead atoms. The number of cyclic esters (lactones) is 2. The van der Waals surface area contributed by atoms with Crippen LogP contribution >= 0.6 is 11.8 Å². The van der Waals surface area contributed by atoms with Crippen LogP contribution in [0.15, 0.2) is 11.5 Å². The van der Waals surface area contributed by atoms with Crippen molar-refractivity contribution in [2.45, 2.75) is 10.6 Å². The van der Waals surface area contributed by atoms with E-state index >= 15 is 0 Å². The van der Waals surface area contributed by atoms with Crippen molar-refractivity contribution in [2.24, 2.45) is 0 Å². The van der Waals surface area contributed by atoms with Gasteiger partial charge in [0.15, 0.2) is 10.6 Å². The third kappa shape index (κ3) is 1.50. The molecule has 0 saturated carbocycles. The predicted molar refractivity (Wildman–Crippen MR) is 38.5 cm³/mol. The molecule has 1 atom stereocenters. The highest BCUT2D eigenvalue weighted by atomic mass is 32.2. The molecule has 1 unspecified atom stereocenters. The van der Waals surface area contributed by atoms with Crippen molar-refractivity contribution < 1.29 is 14.3 Å². The van der Waals surface area contributed by atoms with Crippen molar-refractivity contribution >= 4 is 17.9 Å². The summed E-state index contributed by atoms with van der Waals surface area (Å²) in [7, 11) is 0. The molecule has 1 aromatic rings. The number of nitrogens with zero attached hydrogens (tertiary/aromatic N) is 2. The van der Waals surface area contributed by atoms with E-state index in [4.69, 9.17) is 4.74 Å². The van der Waals surface area contributed by atoms with Crippen LogP contribution in [0.1, 0.15) is 0 Å². The Balaban J connectivity index is 1.92. The van der Waals surface area contributed by atoms with Gasteiger partial charge in [-0.1, -0.05) is 0 Å². The summed E-state index contributed by atoms with van der Waals surface area (Å²) in [6, 6.07) is 0. The number of aromatic nitrogens is 3. The standard InChI is InChI=1S/C5H5N3O3S/c9-5-10-1-3(11-5)12-4-6-2-7-8-4/h2-3H,1H2,(H,6,7,8). The fourth-order valence-electron chi connectivity index (χ4n) is 0.745. The van der Waals surface area contributed by atoms with Crippen molar-refractivity contribution in [2.75, 3.05) is 6.61 Å². The molecular formula is C5H5N3O3S. The Hall–Kier alpha value is -1.24. The number of thioether (sulfide) groups is 1. The number of H-pyrrole nitrogens is 1. The number of hydrogen-bond acceptors (Lipinski definition) is 6. The van der Waals surface area contributed by atoms with Gasteiger partial charge in [-0.2, -0.15) is 5.10 Å². The number of carbonyl (C=O) groups excluding carboxylic acids is 1. The van der Waals surface area contributed by atoms with Crippen molar-refractivity contribution in [1.82, 2.24) is 15.2 Å². The first-order valence-corrected chi connectivity index (χ1v) is 4.08. The van der Waals surface area contributed by atoms with Crippen molar-refractivity contribution in [3.05, 3.63) is 6.33 Å². The highest BCUT2D eigenvalue weighted by Gasteiger charge is 2.26. The lowest BCUT2D eigenvalue weighted by atomic mass is 10.8. The second-order valence-electron chi connectivity index (χ2n) is 2.02. The predicted octanol–water partition coefficient (Wildman–Crippen LogP) is 0.390. The minimum atomic E-state index is -0.632. The van der Waals surface area contributed by atoms with Gasteiger partial charge in [-0.15, -0.1) is 0 Å². The molecular weight excluding hydrogens is 182 g/mol. The summed E-state index contributed by atoms with van der Waals surface area (Å²) in [6.07, 6.45) is 0.756. The van der Waals surface area contributed by atoms with E-state index in [9.17, 15) is 4.79 Å². The lowest BCUT2D eigenvalue weighted by Crippen LogP contribution is -2.03. The molecule has 6 nitrogen and oxygen atoms in total. The monoisotopic (exact) mass is 187 g/mol. The average Bonchev–Trinajstić information content (AvgIpc) is 2.63. The second kappa shape index (κ2) is 3.02. The maximum atomic E-state index is 10.5. The van der Waals surface area contributed by atoms with E-state index in [0.29, 0.717) is 5.16 Å². The molecule has 2 heterocycles. The van der Waals surface area contributed by atoms with Crippen molar-refractivity contribution in [3.63, 3.8) is 0 Å². The van der Waals surface area contributed by atoms with Gasteiger partial charge in [0.25, 0.3) is 0 Å². The highest BCUT2D eigenvalue weighted by Crippen LogP contribution is 2.23. The zero-order valence-corrected chi connectivity index (χ0v) is 6.71. The van der Waals surface area contributed by atoms with E-state index in [0.717, 1.165) is 0 Å². The Morgan fingerprint density at radius 3 is 3.25 bits per heavy atom. The largest absolute Gasteiger partial charge is 0.509 e. The molecule has 0 spiro atoms. The molecule has 0 amide bonds. The zero-order valence-electron chi connectivity index (χ0n) is 5.89. The van der Waals surface area contributed by atoms with Crippen LogP contribution in [-0.2, 0) is 9.47 Å². The van der Waals surface area contributed by atoms with Crippen LogP contribution in [-0.4, -0.2) is 33.4 Å². The minimum Gasteiger partial charge on any atom is -0.429 e. The number of aromatic amines is 1. The highest BCUT2D eigenvalue weighted by molar-refractivity contribution is 7.99. The molecule has 64 valence electrons.